The predicted molar refractivity (Wildman–Crippen MR) is 97.7 cm³/mol. The lowest BCUT2D eigenvalue weighted by molar-refractivity contribution is 0.590. The van der Waals surface area contributed by atoms with Crippen LogP contribution in [0, 0.1) is 0 Å². The Morgan fingerprint density at radius 2 is 1.36 bits per heavy atom. The number of hydrogen-bond donors (Lipinski definition) is 1. The zero-order valence-electron chi connectivity index (χ0n) is 12.4. The molecule has 0 aliphatic heterocycles. The second-order valence-corrected chi connectivity index (χ2v) is 9.12. The lowest BCUT2D eigenvalue weighted by atomic mass is 10.3. The molecule has 0 unspecified atom stereocenters. The van der Waals surface area contributed by atoms with E-state index in [1.54, 1.807) is 0 Å². The lowest BCUT2D eigenvalue weighted by Gasteiger charge is -2.24. The smallest absolute Gasteiger partial charge is 0.196 e. The molecule has 0 aromatic heterocycles. The van der Waals surface area contributed by atoms with Gasteiger partial charge in [-0.1, -0.05) is 85.7 Å². The van der Waals surface area contributed by atoms with Gasteiger partial charge in [0.2, 0.25) is 0 Å². The van der Waals surface area contributed by atoms with E-state index >= 15 is 0 Å². The summed E-state index contributed by atoms with van der Waals surface area (Å²) in [5, 5.41) is 4.99. The number of thiocarbonyl (C=S) groups is 1. The summed E-state index contributed by atoms with van der Waals surface area (Å²) in [6, 6.07) is 19.6. The van der Waals surface area contributed by atoms with Crippen LogP contribution in [0.5, 0.6) is 0 Å². The number of benzene rings is 2. The van der Waals surface area contributed by atoms with Crippen LogP contribution in [-0.4, -0.2) is 10.8 Å². The SMILES string of the molecule is O=P(C(=S)NC1CCCC1)(c1ccccc1)c1ccccc1. The van der Waals surface area contributed by atoms with Crippen LogP contribution in [0.4, 0.5) is 0 Å². The Morgan fingerprint density at radius 3 is 1.82 bits per heavy atom. The Kier molecular flexibility index (Phi) is 4.75. The summed E-state index contributed by atoms with van der Waals surface area (Å²) in [6.45, 7) is 0. The van der Waals surface area contributed by atoms with Gasteiger partial charge < -0.3 is 9.88 Å². The Bertz CT molecular complexity index is 637. The molecular formula is C18H20NOPS. The highest BCUT2D eigenvalue weighted by atomic mass is 32.1. The summed E-state index contributed by atoms with van der Waals surface area (Å²) in [5.74, 6) is 0. The van der Waals surface area contributed by atoms with Gasteiger partial charge in [0.1, 0.15) is 4.73 Å². The summed E-state index contributed by atoms with van der Waals surface area (Å²) in [6.07, 6.45) is 4.68. The minimum Gasteiger partial charge on any atom is -0.370 e. The molecule has 2 aromatic rings. The van der Waals surface area contributed by atoms with Crippen LogP contribution in [0.3, 0.4) is 0 Å². The molecule has 3 rings (SSSR count). The molecule has 0 saturated heterocycles. The molecule has 114 valence electrons. The van der Waals surface area contributed by atoms with Crippen molar-refractivity contribution >= 4 is 34.7 Å². The van der Waals surface area contributed by atoms with E-state index in [1.165, 1.54) is 12.8 Å². The minimum absolute atomic E-state index is 0.369. The Hall–Kier alpha value is -1.44. The molecule has 1 aliphatic rings. The van der Waals surface area contributed by atoms with Gasteiger partial charge in [0.25, 0.3) is 0 Å². The van der Waals surface area contributed by atoms with Crippen LogP contribution in [0.25, 0.3) is 0 Å². The predicted octanol–water partition coefficient (Wildman–Crippen LogP) is 3.82. The highest BCUT2D eigenvalue weighted by molar-refractivity contribution is 8.07. The molecular weight excluding hydrogens is 309 g/mol. The first-order valence-corrected chi connectivity index (χ1v) is 9.85. The zero-order chi connectivity index (χ0) is 15.4. The normalized spacial score (nSPS) is 15.6. The Morgan fingerprint density at radius 1 is 0.909 bits per heavy atom. The highest BCUT2D eigenvalue weighted by Gasteiger charge is 2.33. The maximum absolute atomic E-state index is 13.9. The second kappa shape index (κ2) is 6.76. The molecule has 4 heteroatoms. The van der Waals surface area contributed by atoms with Gasteiger partial charge in [0, 0.05) is 16.7 Å². The van der Waals surface area contributed by atoms with E-state index in [1.807, 2.05) is 60.7 Å². The number of hydrogen-bond acceptors (Lipinski definition) is 2. The maximum atomic E-state index is 13.9. The van der Waals surface area contributed by atoms with Gasteiger partial charge in [-0.05, 0) is 12.8 Å². The maximum Gasteiger partial charge on any atom is 0.196 e. The third-order valence-corrected chi connectivity index (χ3v) is 7.85. The van der Waals surface area contributed by atoms with Crippen LogP contribution in [0.2, 0.25) is 0 Å². The minimum atomic E-state index is -2.95. The van der Waals surface area contributed by atoms with E-state index in [9.17, 15) is 4.57 Å². The van der Waals surface area contributed by atoms with E-state index in [0.29, 0.717) is 10.8 Å². The molecule has 2 nitrogen and oxygen atoms in total. The molecule has 0 heterocycles. The van der Waals surface area contributed by atoms with Gasteiger partial charge in [0.15, 0.2) is 7.14 Å². The summed E-state index contributed by atoms with van der Waals surface area (Å²) in [5.41, 5.74) is 0. The summed E-state index contributed by atoms with van der Waals surface area (Å²) in [4.78, 5) is 0. The monoisotopic (exact) mass is 329 g/mol. The van der Waals surface area contributed by atoms with Crippen molar-refractivity contribution in [2.45, 2.75) is 31.7 Å². The fourth-order valence-electron chi connectivity index (χ4n) is 3.00. The van der Waals surface area contributed by atoms with Crippen LogP contribution in [0.1, 0.15) is 25.7 Å². The third-order valence-electron chi connectivity index (χ3n) is 4.21. The highest BCUT2D eigenvalue weighted by Crippen LogP contribution is 2.44. The second-order valence-electron chi connectivity index (χ2n) is 5.71. The van der Waals surface area contributed by atoms with Crippen molar-refractivity contribution in [1.29, 1.82) is 0 Å². The van der Waals surface area contributed by atoms with E-state index in [0.717, 1.165) is 23.5 Å². The van der Waals surface area contributed by atoms with Crippen molar-refractivity contribution in [3.05, 3.63) is 60.7 Å². The Balaban J connectivity index is 1.99. The fraction of sp³-hybridized carbons (Fsp3) is 0.278. The topological polar surface area (TPSA) is 29.1 Å². The van der Waals surface area contributed by atoms with Crippen LogP contribution in [0.15, 0.2) is 60.7 Å². The third kappa shape index (κ3) is 3.02. The van der Waals surface area contributed by atoms with Gasteiger partial charge in [-0.25, -0.2) is 0 Å². The van der Waals surface area contributed by atoms with Crippen molar-refractivity contribution in [3.8, 4) is 0 Å². The number of nitrogens with one attached hydrogen (secondary N) is 1. The van der Waals surface area contributed by atoms with Crippen molar-refractivity contribution in [1.82, 2.24) is 5.32 Å². The van der Waals surface area contributed by atoms with E-state index in [4.69, 9.17) is 12.2 Å². The van der Waals surface area contributed by atoms with E-state index in [2.05, 4.69) is 5.32 Å². The standard InChI is InChI=1S/C18H20NOPS/c20-21(16-11-3-1-4-12-16,17-13-5-2-6-14-17)18(22)19-15-9-7-8-10-15/h1-6,11-15H,7-10H2,(H,19,22). The van der Waals surface area contributed by atoms with Crippen molar-refractivity contribution in [2.75, 3.05) is 0 Å². The summed E-state index contributed by atoms with van der Waals surface area (Å²) >= 11 is 5.62. The van der Waals surface area contributed by atoms with Gasteiger partial charge >= 0.3 is 0 Å². The molecule has 1 saturated carbocycles. The molecule has 0 atom stereocenters. The lowest BCUT2D eigenvalue weighted by Crippen LogP contribution is -2.36. The van der Waals surface area contributed by atoms with Crippen LogP contribution in [-0.2, 0) is 4.57 Å². The summed E-state index contributed by atoms with van der Waals surface area (Å²) in [7, 11) is -2.95. The fourth-order valence-corrected chi connectivity index (χ4v) is 6.11. The zero-order valence-corrected chi connectivity index (χ0v) is 14.2. The van der Waals surface area contributed by atoms with Crippen LogP contribution < -0.4 is 15.9 Å². The first-order valence-electron chi connectivity index (χ1n) is 7.73. The van der Waals surface area contributed by atoms with Crippen molar-refractivity contribution in [3.63, 3.8) is 0 Å². The van der Waals surface area contributed by atoms with Crippen molar-refractivity contribution in [2.24, 2.45) is 0 Å². The first-order chi connectivity index (χ1) is 10.7. The Labute approximate surface area is 137 Å². The molecule has 0 radical (unpaired) electrons. The quantitative estimate of drug-likeness (QED) is 0.683. The molecule has 22 heavy (non-hydrogen) atoms. The van der Waals surface area contributed by atoms with Gasteiger partial charge in [-0.3, -0.25) is 0 Å². The molecule has 1 N–H and O–H groups in total. The first kappa shape index (κ1) is 15.5. The molecule has 0 bridgehead atoms. The molecule has 1 fully saturated rings. The van der Waals surface area contributed by atoms with E-state index in [-0.39, 0.29) is 0 Å². The molecule has 1 aliphatic carbocycles. The van der Waals surface area contributed by atoms with Gasteiger partial charge in [-0.15, -0.1) is 0 Å². The molecule has 0 spiro atoms. The molecule has 0 amide bonds. The van der Waals surface area contributed by atoms with Crippen molar-refractivity contribution < 1.29 is 4.57 Å². The van der Waals surface area contributed by atoms with Crippen LogP contribution >= 0.6 is 19.4 Å². The average molecular weight is 329 g/mol. The van der Waals surface area contributed by atoms with Gasteiger partial charge in [-0.2, -0.15) is 0 Å². The van der Waals surface area contributed by atoms with E-state index < -0.39 is 7.14 Å². The largest absolute Gasteiger partial charge is 0.370 e. The summed E-state index contributed by atoms with van der Waals surface area (Å²) < 4.78 is 14.4. The number of rotatable bonds is 4. The average Bonchev–Trinajstić information content (AvgIpc) is 3.08. The molecule has 2 aromatic carbocycles. The van der Waals surface area contributed by atoms with Gasteiger partial charge in [0.05, 0.1) is 0 Å².